The number of nitrogens with zero attached hydrogens (tertiary/aromatic N) is 4. The maximum Gasteiger partial charge on any atom is 0.343 e. The molecule has 6 nitrogen and oxygen atoms in total. The molecule has 2 heterocycles. The third-order valence-corrected chi connectivity index (χ3v) is 4.64. The van der Waals surface area contributed by atoms with E-state index in [2.05, 4.69) is 16.9 Å². The predicted molar refractivity (Wildman–Crippen MR) is 105 cm³/mol. The molecule has 7 heteroatoms. The molecule has 0 saturated heterocycles. The zero-order valence-corrected chi connectivity index (χ0v) is 16.1. The minimum atomic E-state index is -0.567. The number of halogens is 1. The molecule has 0 fully saturated rings. The van der Waals surface area contributed by atoms with E-state index in [0.29, 0.717) is 10.6 Å². The Balaban J connectivity index is 2.01. The number of carbonyl (C=O) groups is 1. The van der Waals surface area contributed by atoms with Gasteiger partial charge in [0, 0.05) is 29.2 Å². The van der Waals surface area contributed by atoms with Crippen LogP contribution >= 0.6 is 11.6 Å². The van der Waals surface area contributed by atoms with E-state index in [4.69, 9.17) is 16.3 Å². The van der Waals surface area contributed by atoms with Gasteiger partial charge >= 0.3 is 5.97 Å². The number of rotatable bonds is 7. The number of ether oxygens (including phenoxy) is 1. The second-order valence-electron chi connectivity index (χ2n) is 6.25. The van der Waals surface area contributed by atoms with Crippen LogP contribution in [0.1, 0.15) is 53.8 Å². The van der Waals surface area contributed by atoms with Crippen LogP contribution in [0.2, 0.25) is 5.02 Å². The molecule has 0 spiro atoms. The molecule has 0 saturated carbocycles. The zero-order valence-electron chi connectivity index (χ0n) is 15.4. The van der Waals surface area contributed by atoms with Crippen molar-refractivity contribution in [3.8, 4) is 11.8 Å². The number of esters is 1. The SMILES string of the molecule is CCCCC(c1ccnc(C#N)c1OC(=O)c1ccc(Cl)cc1)n1ccnc1. The molecule has 0 amide bonds. The van der Waals surface area contributed by atoms with Gasteiger partial charge in [0.05, 0.1) is 17.9 Å². The molecule has 0 aliphatic rings. The van der Waals surface area contributed by atoms with Crippen molar-refractivity contribution < 1.29 is 9.53 Å². The van der Waals surface area contributed by atoms with Crippen molar-refractivity contribution >= 4 is 17.6 Å². The first-order valence-electron chi connectivity index (χ1n) is 8.98. The average molecular weight is 395 g/mol. The number of hydrogen-bond donors (Lipinski definition) is 0. The van der Waals surface area contributed by atoms with Crippen molar-refractivity contribution in [1.29, 1.82) is 5.26 Å². The minimum absolute atomic E-state index is 0.0708. The maximum absolute atomic E-state index is 12.6. The molecule has 1 unspecified atom stereocenters. The van der Waals surface area contributed by atoms with Crippen LogP contribution in [0.5, 0.6) is 5.75 Å². The lowest BCUT2D eigenvalue weighted by molar-refractivity contribution is 0.0731. The van der Waals surface area contributed by atoms with Crippen LogP contribution in [0.3, 0.4) is 0 Å². The molecule has 2 aromatic heterocycles. The molecule has 28 heavy (non-hydrogen) atoms. The lowest BCUT2D eigenvalue weighted by atomic mass is 10.00. The maximum atomic E-state index is 12.6. The molecule has 1 aromatic carbocycles. The Morgan fingerprint density at radius 2 is 2.07 bits per heavy atom. The first-order chi connectivity index (χ1) is 13.6. The van der Waals surface area contributed by atoms with Gasteiger partial charge in [0.1, 0.15) is 6.07 Å². The van der Waals surface area contributed by atoms with Gasteiger partial charge < -0.3 is 9.30 Å². The van der Waals surface area contributed by atoms with Crippen LogP contribution in [0.25, 0.3) is 0 Å². The lowest BCUT2D eigenvalue weighted by Crippen LogP contribution is -2.16. The number of unbranched alkanes of at least 4 members (excludes halogenated alkanes) is 1. The highest BCUT2D eigenvalue weighted by molar-refractivity contribution is 6.30. The molecule has 0 N–H and O–H groups in total. The fourth-order valence-electron chi connectivity index (χ4n) is 2.97. The van der Waals surface area contributed by atoms with Crippen molar-refractivity contribution in [3.05, 3.63) is 77.1 Å². The Morgan fingerprint density at radius 3 is 2.71 bits per heavy atom. The molecule has 0 radical (unpaired) electrons. The van der Waals surface area contributed by atoms with Gasteiger partial charge in [-0.25, -0.2) is 14.8 Å². The largest absolute Gasteiger partial charge is 0.419 e. The molecule has 3 rings (SSSR count). The summed E-state index contributed by atoms with van der Waals surface area (Å²) in [4.78, 5) is 20.9. The van der Waals surface area contributed by atoms with Crippen LogP contribution in [-0.2, 0) is 0 Å². The van der Waals surface area contributed by atoms with E-state index in [1.807, 2.05) is 16.8 Å². The van der Waals surface area contributed by atoms with Gasteiger partial charge in [-0.15, -0.1) is 0 Å². The molecule has 0 aliphatic carbocycles. The van der Waals surface area contributed by atoms with Crippen LogP contribution < -0.4 is 4.74 Å². The summed E-state index contributed by atoms with van der Waals surface area (Å²) in [5.74, 6) is -0.387. The van der Waals surface area contributed by atoms with Gasteiger partial charge in [-0.3, -0.25) is 0 Å². The summed E-state index contributed by atoms with van der Waals surface area (Å²) in [5.41, 5.74) is 1.14. The summed E-state index contributed by atoms with van der Waals surface area (Å²) in [5, 5.41) is 10.0. The second kappa shape index (κ2) is 9.16. The van der Waals surface area contributed by atoms with Crippen molar-refractivity contribution in [3.63, 3.8) is 0 Å². The van der Waals surface area contributed by atoms with Crippen LogP contribution in [0, 0.1) is 11.3 Å². The monoisotopic (exact) mass is 394 g/mol. The Morgan fingerprint density at radius 1 is 1.29 bits per heavy atom. The van der Waals surface area contributed by atoms with Gasteiger partial charge in [-0.05, 0) is 36.8 Å². The summed E-state index contributed by atoms with van der Waals surface area (Å²) < 4.78 is 7.60. The van der Waals surface area contributed by atoms with E-state index >= 15 is 0 Å². The Kier molecular flexibility index (Phi) is 6.41. The van der Waals surface area contributed by atoms with Gasteiger partial charge in [-0.1, -0.05) is 31.4 Å². The van der Waals surface area contributed by atoms with Crippen molar-refractivity contribution in [2.45, 2.75) is 32.2 Å². The van der Waals surface area contributed by atoms with E-state index < -0.39 is 5.97 Å². The van der Waals surface area contributed by atoms with Gasteiger partial charge in [0.15, 0.2) is 11.4 Å². The quantitative estimate of drug-likeness (QED) is 0.537. The van der Waals surface area contributed by atoms with E-state index in [-0.39, 0.29) is 17.5 Å². The van der Waals surface area contributed by atoms with E-state index in [1.165, 1.54) is 0 Å². The number of imidazole rings is 1. The van der Waals surface area contributed by atoms with E-state index in [9.17, 15) is 10.1 Å². The fraction of sp³-hybridized carbons (Fsp3) is 0.238. The van der Waals surface area contributed by atoms with E-state index in [1.54, 1.807) is 49.1 Å². The smallest absolute Gasteiger partial charge is 0.343 e. The summed E-state index contributed by atoms with van der Waals surface area (Å²) in [6, 6.07) is 10.1. The van der Waals surface area contributed by atoms with Crippen LogP contribution in [0.4, 0.5) is 0 Å². The molecule has 3 aromatic rings. The van der Waals surface area contributed by atoms with Crippen LogP contribution in [-0.4, -0.2) is 20.5 Å². The van der Waals surface area contributed by atoms with Crippen molar-refractivity contribution in [2.75, 3.05) is 0 Å². The molecule has 0 bridgehead atoms. The second-order valence-corrected chi connectivity index (χ2v) is 6.69. The zero-order chi connectivity index (χ0) is 19.9. The van der Waals surface area contributed by atoms with Crippen molar-refractivity contribution in [2.24, 2.45) is 0 Å². The van der Waals surface area contributed by atoms with Gasteiger partial charge in [0.2, 0.25) is 0 Å². The summed E-state index contributed by atoms with van der Waals surface area (Å²) >= 11 is 5.88. The number of benzene rings is 1. The Bertz CT molecular complexity index is 979. The van der Waals surface area contributed by atoms with Crippen LogP contribution in [0.15, 0.2) is 55.2 Å². The molecule has 142 valence electrons. The summed E-state index contributed by atoms with van der Waals surface area (Å²) in [6.07, 6.45) is 9.63. The predicted octanol–water partition coefficient (Wildman–Crippen LogP) is 4.80. The summed E-state index contributed by atoms with van der Waals surface area (Å²) in [6.45, 7) is 2.11. The Labute approximate surface area is 168 Å². The highest BCUT2D eigenvalue weighted by Gasteiger charge is 2.23. The first kappa shape index (κ1) is 19.6. The van der Waals surface area contributed by atoms with Crippen molar-refractivity contribution in [1.82, 2.24) is 14.5 Å². The molecular weight excluding hydrogens is 376 g/mol. The third kappa shape index (κ3) is 4.38. The highest BCUT2D eigenvalue weighted by Crippen LogP contribution is 2.34. The molecule has 0 aliphatic heterocycles. The third-order valence-electron chi connectivity index (χ3n) is 4.39. The van der Waals surface area contributed by atoms with Gasteiger partial charge in [0.25, 0.3) is 0 Å². The number of hydrogen-bond acceptors (Lipinski definition) is 5. The topological polar surface area (TPSA) is 80.8 Å². The average Bonchev–Trinajstić information content (AvgIpc) is 3.24. The number of aromatic nitrogens is 3. The Hall–Kier alpha value is -3.17. The van der Waals surface area contributed by atoms with Gasteiger partial charge in [-0.2, -0.15) is 5.26 Å². The number of carbonyl (C=O) groups excluding carboxylic acids is 1. The fourth-order valence-corrected chi connectivity index (χ4v) is 3.09. The first-order valence-corrected chi connectivity index (χ1v) is 9.36. The number of nitriles is 1. The molecule has 1 atom stereocenters. The standard InChI is InChI=1S/C21H19ClN4O2/c1-2-3-4-19(26-12-11-24-14-26)17-9-10-25-18(13-23)20(17)28-21(27)15-5-7-16(22)8-6-15/h5-12,14,19H,2-4H2,1H3. The number of pyridine rings is 1. The molecular formula is C21H19ClN4O2. The minimum Gasteiger partial charge on any atom is -0.419 e. The highest BCUT2D eigenvalue weighted by atomic mass is 35.5. The normalized spacial score (nSPS) is 11.6. The van der Waals surface area contributed by atoms with E-state index in [0.717, 1.165) is 24.8 Å². The summed E-state index contributed by atoms with van der Waals surface area (Å²) in [7, 11) is 0. The lowest BCUT2D eigenvalue weighted by Gasteiger charge is -2.21.